The third kappa shape index (κ3) is 3.77. The summed E-state index contributed by atoms with van der Waals surface area (Å²) < 4.78 is 40.3. The summed E-state index contributed by atoms with van der Waals surface area (Å²) in [6.07, 6.45) is -0.902. The Balaban J connectivity index is 1.71. The summed E-state index contributed by atoms with van der Waals surface area (Å²) in [6, 6.07) is 9.36. The first-order chi connectivity index (χ1) is 14.1. The van der Waals surface area contributed by atoms with Crippen LogP contribution in [0.4, 0.5) is 24.7 Å². The number of hydrogen-bond acceptors (Lipinski definition) is 3. The Morgan fingerprint density at radius 2 is 1.93 bits per heavy atom. The number of carbonyl (C=O) groups excluding carboxylic acids is 1. The maximum atomic E-state index is 13.5. The van der Waals surface area contributed by atoms with Gasteiger partial charge in [-0.25, -0.2) is 4.98 Å². The molecule has 1 saturated heterocycles. The SMILES string of the molecule is Cc1cccc(N(C)C(=O)[C@@H]2CC3CCCC3N2c2cc(C(F)(F)F)cc(C)n2)c1. The highest BCUT2D eigenvalue weighted by Gasteiger charge is 2.48. The summed E-state index contributed by atoms with van der Waals surface area (Å²) in [7, 11) is 1.73. The summed E-state index contributed by atoms with van der Waals surface area (Å²) in [4.78, 5) is 21.4. The van der Waals surface area contributed by atoms with Gasteiger partial charge < -0.3 is 9.80 Å². The number of benzene rings is 1. The van der Waals surface area contributed by atoms with Crippen LogP contribution in [0.3, 0.4) is 0 Å². The largest absolute Gasteiger partial charge is 0.416 e. The van der Waals surface area contributed by atoms with Gasteiger partial charge in [-0.1, -0.05) is 18.6 Å². The van der Waals surface area contributed by atoms with E-state index < -0.39 is 17.8 Å². The Morgan fingerprint density at radius 1 is 1.17 bits per heavy atom. The predicted molar refractivity (Wildman–Crippen MR) is 111 cm³/mol. The molecular formula is C23H26F3N3O. The maximum Gasteiger partial charge on any atom is 0.416 e. The Kier molecular flexibility index (Phi) is 5.24. The lowest BCUT2D eigenvalue weighted by atomic mass is 10.0. The van der Waals surface area contributed by atoms with Crippen molar-refractivity contribution in [3.63, 3.8) is 0 Å². The lowest BCUT2D eigenvalue weighted by molar-refractivity contribution is -0.137. The molecule has 30 heavy (non-hydrogen) atoms. The third-order valence-electron chi connectivity index (χ3n) is 6.37. The smallest absolute Gasteiger partial charge is 0.341 e. The van der Waals surface area contributed by atoms with Gasteiger partial charge in [0.1, 0.15) is 11.9 Å². The van der Waals surface area contributed by atoms with Crippen LogP contribution >= 0.6 is 0 Å². The first-order valence-corrected chi connectivity index (χ1v) is 10.3. The molecule has 1 saturated carbocycles. The number of halogens is 3. The normalized spacial score (nSPS) is 23.5. The molecule has 7 heteroatoms. The van der Waals surface area contributed by atoms with Crippen LogP contribution in [0.1, 0.15) is 42.5 Å². The molecule has 1 aromatic heterocycles. The molecule has 1 aromatic carbocycles. The van der Waals surface area contributed by atoms with Crippen LogP contribution in [0.2, 0.25) is 0 Å². The van der Waals surface area contributed by atoms with E-state index >= 15 is 0 Å². The van der Waals surface area contributed by atoms with Crippen LogP contribution in [-0.2, 0) is 11.0 Å². The first-order valence-electron chi connectivity index (χ1n) is 10.3. The van der Waals surface area contributed by atoms with Crippen molar-refractivity contribution in [1.82, 2.24) is 4.98 Å². The van der Waals surface area contributed by atoms with E-state index in [4.69, 9.17) is 0 Å². The van der Waals surface area contributed by atoms with E-state index in [2.05, 4.69) is 4.98 Å². The molecule has 2 heterocycles. The van der Waals surface area contributed by atoms with E-state index in [9.17, 15) is 18.0 Å². The number of alkyl halides is 3. The Hall–Kier alpha value is -2.57. The second kappa shape index (κ2) is 7.60. The number of nitrogens with zero attached hydrogens (tertiary/aromatic N) is 3. The number of pyridine rings is 1. The fraction of sp³-hybridized carbons (Fsp3) is 0.478. The maximum absolute atomic E-state index is 13.5. The van der Waals surface area contributed by atoms with Crippen molar-refractivity contribution in [2.75, 3.05) is 16.8 Å². The van der Waals surface area contributed by atoms with Gasteiger partial charge in [-0.05, 0) is 68.9 Å². The summed E-state index contributed by atoms with van der Waals surface area (Å²) in [5.74, 6) is 0.459. The molecule has 2 unspecified atom stereocenters. The molecule has 1 aliphatic carbocycles. The second-order valence-corrected chi connectivity index (χ2v) is 8.51. The molecule has 0 bridgehead atoms. The van der Waals surface area contributed by atoms with Crippen LogP contribution in [-0.4, -0.2) is 30.0 Å². The van der Waals surface area contributed by atoms with Gasteiger partial charge in [-0.3, -0.25) is 4.79 Å². The highest BCUT2D eigenvalue weighted by molar-refractivity contribution is 5.99. The van der Waals surface area contributed by atoms with Crippen LogP contribution < -0.4 is 9.80 Å². The highest BCUT2D eigenvalue weighted by atomic mass is 19.4. The van der Waals surface area contributed by atoms with Crippen LogP contribution in [0.25, 0.3) is 0 Å². The molecule has 2 fully saturated rings. The fourth-order valence-corrected chi connectivity index (χ4v) is 4.97. The van der Waals surface area contributed by atoms with E-state index in [0.29, 0.717) is 18.0 Å². The molecule has 4 rings (SSSR count). The van der Waals surface area contributed by atoms with Gasteiger partial charge in [0.2, 0.25) is 5.91 Å². The minimum absolute atomic E-state index is 0.0558. The molecular weight excluding hydrogens is 391 g/mol. The van der Waals surface area contributed by atoms with E-state index in [1.165, 1.54) is 0 Å². The molecule has 0 N–H and O–H groups in total. The van der Waals surface area contributed by atoms with Crippen LogP contribution in [0.5, 0.6) is 0 Å². The zero-order valence-corrected chi connectivity index (χ0v) is 17.4. The second-order valence-electron chi connectivity index (χ2n) is 8.51. The molecule has 1 aliphatic heterocycles. The standard InChI is InChI=1S/C23H26F3N3O/c1-14-6-4-8-18(10-14)28(3)22(30)20-12-16-7-5-9-19(16)29(20)21-13-17(23(24,25)26)11-15(2)27-21/h4,6,8,10-11,13,16,19-20H,5,7,9,12H2,1-3H3/t16?,19?,20-/m0/s1. The van der Waals surface area contributed by atoms with E-state index in [1.807, 2.05) is 36.1 Å². The Morgan fingerprint density at radius 3 is 2.63 bits per heavy atom. The highest BCUT2D eigenvalue weighted by Crippen LogP contribution is 2.44. The number of carbonyl (C=O) groups is 1. The summed E-state index contributed by atoms with van der Waals surface area (Å²) in [5.41, 5.74) is 1.41. The van der Waals surface area contributed by atoms with Crippen LogP contribution in [0, 0.1) is 19.8 Å². The molecule has 1 amide bonds. The van der Waals surface area contributed by atoms with Crippen molar-refractivity contribution in [3.05, 3.63) is 53.2 Å². The zero-order chi connectivity index (χ0) is 21.6. The third-order valence-corrected chi connectivity index (χ3v) is 6.37. The number of likely N-dealkylation sites (N-methyl/N-ethyl adjacent to an activating group) is 1. The number of amides is 1. The minimum atomic E-state index is -4.45. The summed E-state index contributed by atoms with van der Waals surface area (Å²) in [6.45, 7) is 3.53. The van der Waals surface area contributed by atoms with Crippen molar-refractivity contribution in [2.45, 2.75) is 57.8 Å². The van der Waals surface area contributed by atoms with Gasteiger partial charge in [0.05, 0.1) is 5.56 Å². The van der Waals surface area contributed by atoms with Gasteiger partial charge in [0.25, 0.3) is 0 Å². The number of hydrogen-bond donors (Lipinski definition) is 0. The number of aryl methyl sites for hydroxylation is 2. The average Bonchev–Trinajstić information content (AvgIpc) is 3.26. The molecule has 160 valence electrons. The molecule has 2 aliphatic rings. The van der Waals surface area contributed by atoms with E-state index in [0.717, 1.165) is 42.6 Å². The monoisotopic (exact) mass is 417 g/mol. The van der Waals surface area contributed by atoms with Crippen molar-refractivity contribution in [1.29, 1.82) is 0 Å². The predicted octanol–water partition coefficient (Wildman–Crippen LogP) is 5.13. The summed E-state index contributed by atoms with van der Waals surface area (Å²) >= 11 is 0. The first kappa shape index (κ1) is 20.7. The number of aromatic nitrogens is 1. The molecule has 0 spiro atoms. The minimum Gasteiger partial charge on any atom is -0.341 e. The van der Waals surface area contributed by atoms with Gasteiger partial charge in [0, 0.05) is 24.5 Å². The zero-order valence-electron chi connectivity index (χ0n) is 17.4. The lowest BCUT2D eigenvalue weighted by Gasteiger charge is -2.33. The van der Waals surface area contributed by atoms with E-state index in [1.54, 1.807) is 18.9 Å². The van der Waals surface area contributed by atoms with Gasteiger partial charge in [-0.15, -0.1) is 0 Å². The van der Waals surface area contributed by atoms with Crippen molar-refractivity contribution in [3.8, 4) is 0 Å². The number of fused-ring (bicyclic) bond motifs is 1. The average molecular weight is 417 g/mol. The van der Waals surface area contributed by atoms with Gasteiger partial charge in [-0.2, -0.15) is 13.2 Å². The van der Waals surface area contributed by atoms with E-state index in [-0.39, 0.29) is 17.8 Å². The van der Waals surface area contributed by atoms with Crippen molar-refractivity contribution in [2.24, 2.45) is 5.92 Å². The molecule has 3 atom stereocenters. The van der Waals surface area contributed by atoms with Crippen molar-refractivity contribution >= 4 is 17.4 Å². The molecule has 2 aromatic rings. The summed E-state index contributed by atoms with van der Waals surface area (Å²) in [5, 5.41) is 0. The topological polar surface area (TPSA) is 36.4 Å². The number of anilines is 2. The lowest BCUT2D eigenvalue weighted by Crippen LogP contribution is -2.47. The molecule has 4 nitrogen and oxygen atoms in total. The molecule has 0 radical (unpaired) electrons. The Labute approximate surface area is 174 Å². The number of rotatable bonds is 3. The van der Waals surface area contributed by atoms with Gasteiger partial charge in [0.15, 0.2) is 0 Å². The fourth-order valence-electron chi connectivity index (χ4n) is 4.97. The van der Waals surface area contributed by atoms with Crippen molar-refractivity contribution < 1.29 is 18.0 Å². The van der Waals surface area contributed by atoms with Gasteiger partial charge >= 0.3 is 6.18 Å². The Bertz CT molecular complexity index is 959. The quantitative estimate of drug-likeness (QED) is 0.695. The van der Waals surface area contributed by atoms with Crippen LogP contribution in [0.15, 0.2) is 36.4 Å².